The van der Waals surface area contributed by atoms with Crippen molar-refractivity contribution >= 4 is 16.5 Å². The van der Waals surface area contributed by atoms with E-state index < -0.39 is 5.60 Å². The van der Waals surface area contributed by atoms with Gasteiger partial charge in [0.1, 0.15) is 0 Å². The molecular formula is C18H20N2O. The van der Waals surface area contributed by atoms with Crippen molar-refractivity contribution in [1.29, 1.82) is 5.26 Å². The van der Waals surface area contributed by atoms with E-state index in [1.54, 1.807) is 0 Å². The fourth-order valence-corrected chi connectivity index (χ4v) is 3.16. The summed E-state index contributed by atoms with van der Waals surface area (Å²) in [5, 5.41) is 21.6. The zero-order valence-corrected chi connectivity index (χ0v) is 12.3. The Bertz CT molecular complexity index is 700. The van der Waals surface area contributed by atoms with Gasteiger partial charge < -0.3 is 10.0 Å². The molecule has 0 amide bonds. The van der Waals surface area contributed by atoms with Crippen molar-refractivity contribution in [3.63, 3.8) is 0 Å². The fourth-order valence-electron chi connectivity index (χ4n) is 3.16. The van der Waals surface area contributed by atoms with Crippen molar-refractivity contribution in [3.8, 4) is 6.07 Å². The lowest BCUT2D eigenvalue weighted by molar-refractivity contribution is 0.0481. The molecule has 1 N–H and O–H groups in total. The third-order valence-corrected chi connectivity index (χ3v) is 4.43. The van der Waals surface area contributed by atoms with E-state index in [0.29, 0.717) is 0 Å². The molecular weight excluding hydrogens is 260 g/mol. The van der Waals surface area contributed by atoms with Crippen molar-refractivity contribution in [3.05, 3.63) is 42.0 Å². The number of nitrogens with zero attached hydrogens (tertiary/aromatic N) is 2. The average molecular weight is 280 g/mol. The molecule has 0 aliphatic carbocycles. The van der Waals surface area contributed by atoms with Crippen LogP contribution in [0.25, 0.3) is 10.8 Å². The van der Waals surface area contributed by atoms with Gasteiger partial charge in [-0.15, -0.1) is 0 Å². The third kappa shape index (κ3) is 2.72. The first-order valence-electron chi connectivity index (χ1n) is 7.50. The van der Waals surface area contributed by atoms with Crippen LogP contribution in [0.4, 0.5) is 5.69 Å². The molecule has 1 saturated heterocycles. The van der Waals surface area contributed by atoms with Crippen LogP contribution in [-0.4, -0.2) is 23.8 Å². The van der Waals surface area contributed by atoms with Gasteiger partial charge in [0.15, 0.2) is 0 Å². The highest BCUT2D eigenvalue weighted by Crippen LogP contribution is 2.32. The van der Waals surface area contributed by atoms with E-state index in [4.69, 9.17) is 0 Å². The van der Waals surface area contributed by atoms with Gasteiger partial charge in [-0.25, -0.2) is 0 Å². The van der Waals surface area contributed by atoms with Crippen LogP contribution in [0, 0.1) is 11.3 Å². The average Bonchev–Trinajstić information content (AvgIpc) is 2.67. The topological polar surface area (TPSA) is 47.3 Å². The molecule has 1 atom stereocenters. The van der Waals surface area contributed by atoms with Gasteiger partial charge in [0.05, 0.1) is 17.2 Å². The maximum atomic E-state index is 10.2. The molecule has 3 rings (SSSR count). The molecule has 2 aromatic rings. The van der Waals surface area contributed by atoms with Crippen LogP contribution < -0.4 is 4.90 Å². The van der Waals surface area contributed by atoms with Crippen LogP contribution in [0.2, 0.25) is 0 Å². The Hall–Kier alpha value is -2.05. The molecule has 1 aliphatic rings. The second-order valence-electron chi connectivity index (χ2n) is 6.13. The normalized spacial score (nSPS) is 22.8. The third-order valence-electron chi connectivity index (χ3n) is 4.43. The van der Waals surface area contributed by atoms with Crippen LogP contribution >= 0.6 is 0 Å². The number of hydrogen-bond acceptors (Lipinski definition) is 3. The van der Waals surface area contributed by atoms with Gasteiger partial charge in [0.2, 0.25) is 0 Å². The van der Waals surface area contributed by atoms with Gasteiger partial charge in [-0.2, -0.15) is 5.26 Å². The molecule has 0 spiro atoms. The van der Waals surface area contributed by atoms with Crippen LogP contribution in [-0.2, 0) is 0 Å². The molecule has 1 unspecified atom stereocenters. The van der Waals surface area contributed by atoms with Gasteiger partial charge in [0, 0.05) is 29.5 Å². The maximum Gasteiger partial charge on any atom is 0.0998 e. The Morgan fingerprint density at radius 1 is 1.10 bits per heavy atom. The highest BCUT2D eigenvalue weighted by atomic mass is 16.3. The Morgan fingerprint density at radius 2 is 1.86 bits per heavy atom. The standard InChI is InChI=1S/C18H20N2O/c1-18(21)9-4-11-20(12-10-18)17-8-7-14(13-19)15-5-2-3-6-16(15)17/h2-3,5-8,21H,4,9-12H2,1H3. The van der Waals surface area contributed by atoms with Crippen molar-refractivity contribution in [1.82, 2.24) is 0 Å². The first-order valence-corrected chi connectivity index (χ1v) is 7.50. The van der Waals surface area contributed by atoms with Crippen molar-refractivity contribution in [2.45, 2.75) is 31.8 Å². The summed E-state index contributed by atoms with van der Waals surface area (Å²) in [5.41, 5.74) is 1.33. The monoisotopic (exact) mass is 280 g/mol. The first kappa shape index (κ1) is 13.9. The minimum atomic E-state index is -0.558. The number of nitriles is 1. The van der Waals surface area contributed by atoms with Gasteiger partial charge in [-0.05, 0) is 38.3 Å². The van der Waals surface area contributed by atoms with E-state index in [9.17, 15) is 10.4 Å². The summed E-state index contributed by atoms with van der Waals surface area (Å²) in [6.45, 7) is 3.72. The summed E-state index contributed by atoms with van der Waals surface area (Å²) in [6, 6.07) is 14.3. The zero-order valence-electron chi connectivity index (χ0n) is 12.3. The minimum absolute atomic E-state index is 0.558. The largest absolute Gasteiger partial charge is 0.390 e. The number of benzene rings is 2. The fraction of sp³-hybridized carbons (Fsp3) is 0.389. The zero-order chi connectivity index (χ0) is 14.9. The van der Waals surface area contributed by atoms with E-state index in [1.165, 1.54) is 5.69 Å². The van der Waals surface area contributed by atoms with E-state index >= 15 is 0 Å². The Kier molecular flexibility index (Phi) is 3.57. The number of aliphatic hydroxyl groups is 1. The second-order valence-corrected chi connectivity index (χ2v) is 6.13. The molecule has 3 heteroatoms. The molecule has 0 saturated carbocycles. The lowest BCUT2D eigenvalue weighted by atomic mass is 9.98. The lowest BCUT2D eigenvalue weighted by Crippen LogP contribution is -2.28. The van der Waals surface area contributed by atoms with E-state index in [1.807, 2.05) is 37.3 Å². The number of anilines is 1. The molecule has 0 radical (unpaired) electrons. The van der Waals surface area contributed by atoms with Gasteiger partial charge in [-0.1, -0.05) is 24.3 Å². The van der Waals surface area contributed by atoms with E-state index in [0.717, 1.165) is 48.7 Å². The highest BCUT2D eigenvalue weighted by Gasteiger charge is 2.25. The number of hydrogen-bond donors (Lipinski definition) is 1. The molecule has 0 bridgehead atoms. The lowest BCUT2D eigenvalue weighted by Gasteiger charge is -2.25. The quantitative estimate of drug-likeness (QED) is 0.870. The highest BCUT2D eigenvalue weighted by molar-refractivity contribution is 5.97. The minimum Gasteiger partial charge on any atom is -0.390 e. The summed E-state index contributed by atoms with van der Waals surface area (Å²) < 4.78 is 0. The summed E-state index contributed by atoms with van der Waals surface area (Å²) in [7, 11) is 0. The van der Waals surface area contributed by atoms with E-state index in [2.05, 4.69) is 17.0 Å². The van der Waals surface area contributed by atoms with Crippen LogP contribution in [0.5, 0.6) is 0 Å². The molecule has 1 fully saturated rings. The summed E-state index contributed by atoms with van der Waals surface area (Å²) in [6.07, 6.45) is 2.61. The second kappa shape index (κ2) is 5.38. The SMILES string of the molecule is CC1(O)CCCN(c2ccc(C#N)c3ccccc23)CC1. The molecule has 21 heavy (non-hydrogen) atoms. The number of fused-ring (bicyclic) bond motifs is 1. The maximum absolute atomic E-state index is 10.2. The Labute approximate surface area is 125 Å². The Morgan fingerprint density at radius 3 is 2.62 bits per heavy atom. The molecule has 108 valence electrons. The number of rotatable bonds is 1. The van der Waals surface area contributed by atoms with Gasteiger partial charge in [0.25, 0.3) is 0 Å². The van der Waals surface area contributed by atoms with Gasteiger partial charge >= 0.3 is 0 Å². The van der Waals surface area contributed by atoms with E-state index in [-0.39, 0.29) is 0 Å². The van der Waals surface area contributed by atoms with Gasteiger partial charge in [-0.3, -0.25) is 0 Å². The molecule has 1 aliphatic heterocycles. The van der Waals surface area contributed by atoms with Crippen LogP contribution in [0.1, 0.15) is 31.7 Å². The predicted octanol–water partition coefficient (Wildman–Crippen LogP) is 3.45. The smallest absolute Gasteiger partial charge is 0.0998 e. The predicted molar refractivity (Wildman–Crippen MR) is 85.4 cm³/mol. The van der Waals surface area contributed by atoms with Crippen molar-refractivity contribution in [2.75, 3.05) is 18.0 Å². The van der Waals surface area contributed by atoms with Crippen molar-refractivity contribution < 1.29 is 5.11 Å². The summed E-state index contributed by atoms with van der Waals surface area (Å²) in [5.74, 6) is 0. The Balaban J connectivity index is 2.03. The van der Waals surface area contributed by atoms with Crippen LogP contribution in [0.15, 0.2) is 36.4 Å². The van der Waals surface area contributed by atoms with Crippen LogP contribution in [0.3, 0.4) is 0 Å². The molecule has 1 heterocycles. The molecule has 3 nitrogen and oxygen atoms in total. The summed E-state index contributed by atoms with van der Waals surface area (Å²) >= 11 is 0. The first-order chi connectivity index (χ1) is 10.1. The van der Waals surface area contributed by atoms with Crippen molar-refractivity contribution in [2.24, 2.45) is 0 Å². The molecule has 2 aromatic carbocycles. The summed E-state index contributed by atoms with van der Waals surface area (Å²) in [4.78, 5) is 2.34. The molecule has 0 aromatic heterocycles.